The van der Waals surface area contributed by atoms with Gasteiger partial charge in [0, 0.05) is 25.2 Å². The molecule has 0 spiro atoms. The number of carbonyl (C=O) groups is 2. The van der Waals surface area contributed by atoms with E-state index in [0.29, 0.717) is 12.3 Å². The predicted octanol–water partition coefficient (Wildman–Crippen LogP) is 3.41. The molecule has 5 heteroatoms. The highest BCUT2D eigenvalue weighted by molar-refractivity contribution is 5.92. The SMILES string of the molecule is C=C(C)/C=C(\C=C/CC)CNC(=O)/C=C/c1ccccc1OCC(=O)NC. The van der Waals surface area contributed by atoms with Gasteiger partial charge in [0.25, 0.3) is 5.91 Å². The summed E-state index contributed by atoms with van der Waals surface area (Å²) < 4.78 is 5.49. The van der Waals surface area contributed by atoms with Crippen molar-refractivity contribution in [3.8, 4) is 5.75 Å². The second-order valence-corrected chi connectivity index (χ2v) is 5.93. The third kappa shape index (κ3) is 9.26. The second-order valence-electron chi connectivity index (χ2n) is 5.93. The molecule has 1 rings (SSSR count). The maximum atomic E-state index is 12.1. The molecule has 0 bridgehead atoms. The van der Waals surface area contributed by atoms with Gasteiger partial charge in [0.2, 0.25) is 5.91 Å². The third-order valence-electron chi connectivity index (χ3n) is 3.44. The number of carbonyl (C=O) groups excluding carboxylic acids is 2. The zero-order chi connectivity index (χ0) is 20.1. The van der Waals surface area contributed by atoms with Gasteiger partial charge in [-0.2, -0.15) is 0 Å². The summed E-state index contributed by atoms with van der Waals surface area (Å²) in [6.07, 6.45) is 10.0. The summed E-state index contributed by atoms with van der Waals surface area (Å²) in [7, 11) is 1.55. The van der Waals surface area contributed by atoms with Crippen LogP contribution >= 0.6 is 0 Å². The van der Waals surface area contributed by atoms with E-state index in [4.69, 9.17) is 4.74 Å². The van der Waals surface area contributed by atoms with Crippen LogP contribution in [0.5, 0.6) is 5.75 Å². The third-order valence-corrected chi connectivity index (χ3v) is 3.44. The number of nitrogens with one attached hydrogen (secondary N) is 2. The lowest BCUT2D eigenvalue weighted by molar-refractivity contribution is -0.122. The molecule has 0 saturated heterocycles. The number of rotatable bonds is 10. The minimum absolute atomic E-state index is 0.0770. The number of benzene rings is 1. The Hall–Kier alpha value is -3.08. The number of para-hydroxylation sites is 1. The Labute approximate surface area is 161 Å². The zero-order valence-corrected chi connectivity index (χ0v) is 16.2. The van der Waals surface area contributed by atoms with E-state index in [1.807, 2.05) is 43.4 Å². The highest BCUT2D eigenvalue weighted by atomic mass is 16.5. The Morgan fingerprint density at radius 3 is 2.63 bits per heavy atom. The van der Waals surface area contributed by atoms with Crippen LogP contribution in [-0.4, -0.2) is 32.0 Å². The molecule has 1 aromatic carbocycles. The molecular formula is C22H28N2O3. The fourth-order valence-electron chi connectivity index (χ4n) is 2.12. The lowest BCUT2D eigenvalue weighted by atomic mass is 10.1. The summed E-state index contributed by atoms with van der Waals surface area (Å²) in [5.41, 5.74) is 2.64. The molecule has 27 heavy (non-hydrogen) atoms. The highest BCUT2D eigenvalue weighted by Gasteiger charge is 2.04. The molecule has 144 valence electrons. The van der Waals surface area contributed by atoms with Crippen molar-refractivity contribution in [2.24, 2.45) is 0 Å². The lowest BCUT2D eigenvalue weighted by Crippen LogP contribution is -2.25. The topological polar surface area (TPSA) is 67.4 Å². The fraction of sp³-hybridized carbons (Fsp3) is 0.273. The van der Waals surface area contributed by atoms with Gasteiger partial charge >= 0.3 is 0 Å². The summed E-state index contributed by atoms with van der Waals surface area (Å²) in [5.74, 6) is 0.107. The maximum absolute atomic E-state index is 12.1. The standard InChI is InChI=1S/C22H28N2O3/c1-5-6-9-18(14-17(2)3)15-24-21(25)13-12-19-10-7-8-11-20(19)27-16-22(26)23-4/h6-14H,2,5,15-16H2,1,3-4H3,(H,23,26)(H,24,25)/b9-6-,13-12+,18-14+. The molecule has 0 aliphatic heterocycles. The van der Waals surface area contributed by atoms with Crippen LogP contribution in [-0.2, 0) is 9.59 Å². The van der Waals surface area contributed by atoms with Crippen molar-refractivity contribution in [2.75, 3.05) is 20.2 Å². The molecule has 0 aliphatic carbocycles. The van der Waals surface area contributed by atoms with Gasteiger partial charge < -0.3 is 15.4 Å². The molecule has 2 N–H and O–H groups in total. The van der Waals surface area contributed by atoms with E-state index in [0.717, 1.165) is 23.1 Å². The first-order valence-corrected chi connectivity index (χ1v) is 8.87. The Morgan fingerprint density at radius 1 is 1.22 bits per heavy atom. The van der Waals surface area contributed by atoms with Crippen LogP contribution in [0.2, 0.25) is 0 Å². The van der Waals surface area contributed by atoms with Crippen molar-refractivity contribution >= 4 is 17.9 Å². The normalized spacial score (nSPS) is 11.6. The first kappa shape index (κ1) is 22.0. The van der Waals surface area contributed by atoms with Crippen LogP contribution in [0.1, 0.15) is 25.8 Å². The number of amides is 2. The molecular weight excluding hydrogens is 340 g/mol. The van der Waals surface area contributed by atoms with E-state index in [2.05, 4.69) is 24.1 Å². The first-order chi connectivity index (χ1) is 13.0. The average Bonchev–Trinajstić information content (AvgIpc) is 2.66. The molecule has 0 unspecified atom stereocenters. The maximum Gasteiger partial charge on any atom is 0.257 e. The van der Waals surface area contributed by atoms with Crippen molar-refractivity contribution in [2.45, 2.75) is 20.3 Å². The van der Waals surface area contributed by atoms with Gasteiger partial charge in [-0.15, -0.1) is 0 Å². The molecule has 2 amide bonds. The molecule has 0 heterocycles. The molecule has 0 saturated carbocycles. The monoisotopic (exact) mass is 368 g/mol. The Morgan fingerprint density at radius 2 is 1.96 bits per heavy atom. The largest absolute Gasteiger partial charge is 0.483 e. The van der Waals surface area contributed by atoms with Crippen LogP contribution in [0.3, 0.4) is 0 Å². The molecule has 0 fully saturated rings. The first-order valence-electron chi connectivity index (χ1n) is 8.87. The van der Waals surface area contributed by atoms with Crippen LogP contribution < -0.4 is 15.4 Å². The second kappa shape index (κ2) is 12.3. The predicted molar refractivity (Wildman–Crippen MR) is 110 cm³/mol. The quantitative estimate of drug-likeness (QED) is 0.491. The van der Waals surface area contributed by atoms with Crippen LogP contribution in [0.15, 0.2) is 66.3 Å². The Kier molecular flexibility index (Phi) is 10.0. The van der Waals surface area contributed by atoms with Gasteiger partial charge in [0.05, 0.1) is 0 Å². The van der Waals surface area contributed by atoms with Crippen molar-refractivity contribution in [1.29, 1.82) is 0 Å². The van der Waals surface area contributed by atoms with Gasteiger partial charge in [-0.1, -0.05) is 55.5 Å². The molecule has 1 aromatic rings. The summed E-state index contributed by atoms with van der Waals surface area (Å²) >= 11 is 0. The van der Waals surface area contributed by atoms with E-state index in [1.165, 1.54) is 6.08 Å². The average molecular weight is 368 g/mol. The summed E-state index contributed by atoms with van der Waals surface area (Å²) in [6.45, 7) is 8.18. The highest BCUT2D eigenvalue weighted by Crippen LogP contribution is 2.19. The van der Waals surface area contributed by atoms with Crippen molar-refractivity contribution < 1.29 is 14.3 Å². The Balaban J connectivity index is 2.71. The fourth-order valence-corrected chi connectivity index (χ4v) is 2.12. The lowest BCUT2D eigenvalue weighted by Gasteiger charge is -2.08. The van der Waals surface area contributed by atoms with Gasteiger partial charge in [-0.25, -0.2) is 0 Å². The van der Waals surface area contributed by atoms with E-state index < -0.39 is 0 Å². The van der Waals surface area contributed by atoms with Gasteiger partial charge in [0.1, 0.15) is 5.75 Å². The van der Waals surface area contributed by atoms with Crippen LogP contribution in [0.4, 0.5) is 0 Å². The molecule has 0 atom stereocenters. The van der Waals surface area contributed by atoms with Crippen LogP contribution in [0.25, 0.3) is 6.08 Å². The minimum Gasteiger partial charge on any atom is -0.483 e. The number of allylic oxidation sites excluding steroid dienone is 3. The summed E-state index contributed by atoms with van der Waals surface area (Å²) in [4.78, 5) is 23.5. The number of hydrogen-bond donors (Lipinski definition) is 2. The van der Waals surface area contributed by atoms with Crippen molar-refractivity contribution in [3.05, 3.63) is 71.9 Å². The van der Waals surface area contributed by atoms with Crippen molar-refractivity contribution in [3.63, 3.8) is 0 Å². The molecule has 0 aliphatic rings. The van der Waals surface area contributed by atoms with Gasteiger partial charge in [-0.3, -0.25) is 9.59 Å². The number of ether oxygens (including phenoxy) is 1. The van der Waals surface area contributed by atoms with Crippen molar-refractivity contribution in [1.82, 2.24) is 10.6 Å². The van der Waals surface area contributed by atoms with E-state index in [-0.39, 0.29) is 18.4 Å². The number of hydrogen-bond acceptors (Lipinski definition) is 3. The summed E-state index contributed by atoms with van der Waals surface area (Å²) in [5, 5.41) is 5.35. The van der Waals surface area contributed by atoms with E-state index in [1.54, 1.807) is 19.2 Å². The van der Waals surface area contributed by atoms with E-state index >= 15 is 0 Å². The summed E-state index contributed by atoms with van der Waals surface area (Å²) in [6, 6.07) is 7.22. The molecule has 0 radical (unpaired) electrons. The van der Waals surface area contributed by atoms with Gasteiger partial charge in [-0.05, 0) is 31.1 Å². The smallest absolute Gasteiger partial charge is 0.257 e. The van der Waals surface area contributed by atoms with Crippen LogP contribution in [0, 0.1) is 0 Å². The Bertz CT molecular complexity index is 746. The molecule has 0 aromatic heterocycles. The zero-order valence-electron chi connectivity index (χ0n) is 16.2. The molecule has 5 nitrogen and oxygen atoms in total. The van der Waals surface area contributed by atoms with E-state index in [9.17, 15) is 9.59 Å². The number of likely N-dealkylation sites (N-methyl/N-ethyl adjacent to an activating group) is 1. The minimum atomic E-state index is -0.219. The van der Waals surface area contributed by atoms with Gasteiger partial charge in [0.15, 0.2) is 6.61 Å².